The molecule has 0 bridgehead atoms. The third kappa shape index (κ3) is 3.00. The summed E-state index contributed by atoms with van der Waals surface area (Å²) in [4.78, 5) is 11.2. The maximum atomic E-state index is 13.3. The highest BCUT2D eigenvalue weighted by atomic mass is 35.5. The molecule has 0 saturated heterocycles. The van der Waals surface area contributed by atoms with E-state index in [2.05, 4.69) is 0 Å². The van der Waals surface area contributed by atoms with E-state index in [-0.39, 0.29) is 21.7 Å². The number of hydrogen-bond donors (Lipinski definition) is 1. The number of halogens is 5. The zero-order valence-corrected chi connectivity index (χ0v) is 11.0. The smallest absolute Gasteiger partial charge is 0.419 e. The molecule has 0 spiro atoms. The van der Waals surface area contributed by atoms with Crippen molar-refractivity contribution in [2.24, 2.45) is 0 Å². The molecular weight excluding hydrogens is 312 g/mol. The summed E-state index contributed by atoms with van der Waals surface area (Å²) >= 11 is 5.76. The predicted molar refractivity (Wildman–Crippen MR) is 68.8 cm³/mol. The van der Waals surface area contributed by atoms with Gasteiger partial charge >= 0.3 is 12.1 Å². The van der Waals surface area contributed by atoms with Crippen molar-refractivity contribution in [3.63, 3.8) is 0 Å². The van der Waals surface area contributed by atoms with Gasteiger partial charge in [-0.3, -0.25) is 0 Å². The average molecular weight is 319 g/mol. The number of alkyl halides is 3. The van der Waals surface area contributed by atoms with Gasteiger partial charge in [0.2, 0.25) is 0 Å². The SMILES string of the molecule is O=C(O)c1c(Cl)cccc1-c1ccc(F)c(C(F)(F)F)c1. The number of carboxylic acid groups (broad SMARTS) is 1. The summed E-state index contributed by atoms with van der Waals surface area (Å²) in [5, 5.41) is 9.00. The quantitative estimate of drug-likeness (QED) is 0.803. The number of carboxylic acids is 1. The zero-order chi connectivity index (χ0) is 15.8. The summed E-state index contributed by atoms with van der Waals surface area (Å²) < 4.78 is 51.4. The van der Waals surface area contributed by atoms with Gasteiger partial charge in [-0.15, -0.1) is 0 Å². The maximum Gasteiger partial charge on any atom is 0.419 e. The first-order chi connectivity index (χ1) is 9.71. The van der Waals surface area contributed by atoms with Gasteiger partial charge in [0.25, 0.3) is 0 Å². The van der Waals surface area contributed by atoms with Crippen molar-refractivity contribution in [1.29, 1.82) is 0 Å². The summed E-state index contributed by atoms with van der Waals surface area (Å²) in [7, 11) is 0. The number of benzene rings is 2. The molecule has 2 rings (SSSR count). The number of aromatic carboxylic acids is 1. The lowest BCUT2D eigenvalue weighted by Crippen LogP contribution is -2.08. The van der Waals surface area contributed by atoms with Crippen molar-refractivity contribution in [1.82, 2.24) is 0 Å². The molecule has 2 aromatic carbocycles. The summed E-state index contributed by atoms with van der Waals surface area (Å²) in [5.74, 6) is -2.81. The molecule has 0 fully saturated rings. The van der Waals surface area contributed by atoms with Crippen molar-refractivity contribution >= 4 is 17.6 Å². The van der Waals surface area contributed by atoms with Gasteiger partial charge in [0, 0.05) is 0 Å². The fraction of sp³-hybridized carbons (Fsp3) is 0.0714. The summed E-state index contributed by atoms with van der Waals surface area (Å²) in [6, 6.07) is 6.30. The fourth-order valence-electron chi connectivity index (χ4n) is 1.89. The molecule has 0 saturated carbocycles. The van der Waals surface area contributed by atoms with Crippen molar-refractivity contribution in [2.45, 2.75) is 6.18 Å². The molecule has 0 aliphatic heterocycles. The Morgan fingerprint density at radius 1 is 1.14 bits per heavy atom. The van der Waals surface area contributed by atoms with Crippen LogP contribution in [0, 0.1) is 5.82 Å². The minimum atomic E-state index is -4.87. The van der Waals surface area contributed by atoms with Crippen LogP contribution in [0.1, 0.15) is 15.9 Å². The van der Waals surface area contributed by atoms with Crippen molar-refractivity contribution in [2.75, 3.05) is 0 Å². The average Bonchev–Trinajstić information content (AvgIpc) is 2.37. The summed E-state index contributed by atoms with van der Waals surface area (Å²) in [6.45, 7) is 0. The Morgan fingerprint density at radius 3 is 2.38 bits per heavy atom. The van der Waals surface area contributed by atoms with E-state index < -0.39 is 23.5 Å². The molecule has 0 aliphatic rings. The van der Waals surface area contributed by atoms with Gasteiger partial charge in [-0.05, 0) is 29.3 Å². The lowest BCUT2D eigenvalue weighted by molar-refractivity contribution is -0.139. The standard InChI is InChI=1S/C14H7ClF4O2/c15-10-3-1-2-8(12(10)13(20)21)7-4-5-11(16)9(6-7)14(17,18)19/h1-6H,(H,20,21). The van der Waals surface area contributed by atoms with Gasteiger partial charge in [-0.25, -0.2) is 9.18 Å². The highest BCUT2D eigenvalue weighted by Gasteiger charge is 2.34. The molecular formula is C14H7ClF4O2. The Bertz CT molecular complexity index is 711. The molecule has 0 unspecified atom stereocenters. The molecule has 0 aliphatic carbocycles. The molecule has 0 aromatic heterocycles. The molecule has 0 atom stereocenters. The van der Waals surface area contributed by atoms with Crippen LogP contribution >= 0.6 is 11.6 Å². The molecule has 2 nitrogen and oxygen atoms in total. The largest absolute Gasteiger partial charge is 0.478 e. The Labute approximate surface area is 121 Å². The molecule has 0 radical (unpaired) electrons. The lowest BCUT2D eigenvalue weighted by atomic mass is 9.97. The van der Waals surface area contributed by atoms with Crippen LogP contribution in [0.4, 0.5) is 17.6 Å². The van der Waals surface area contributed by atoms with Crippen molar-refractivity contribution < 1.29 is 27.5 Å². The second-order valence-electron chi connectivity index (χ2n) is 4.16. The van der Waals surface area contributed by atoms with E-state index in [0.717, 1.165) is 6.07 Å². The zero-order valence-electron chi connectivity index (χ0n) is 10.2. The maximum absolute atomic E-state index is 13.3. The van der Waals surface area contributed by atoms with E-state index in [0.29, 0.717) is 12.1 Å². The Balaban J connectivity index is 2.69. The van der Waals surface area contributed by atoms with Gasteiger partial charge in [0.05, 0.1) is 16.1 Å². The van der Waals surface area contributed by atoms with Crippen LogP contribution in [0.2, 0.25) is 5.02 Å². The Kier molecular flexibility index (Phi) is 3.91. The topological polar surface area (TPSA) is 37.3 Å². The summed E-state index contributed by atoms with van der Waals surface area (Å²) in [5.41, 5.74) is -1.89. The first-order valence-corrected chi connectivity index (χ1v) is 5.98. The third-order valence-electron chi connectivity index (χ3n) is 2.81. The number of rotatable bonds is 2. The van der Waals surface area contributed by atoms with Crippen LogP contribution in [0.25, 0.3) is 11.1 Å². The number of hydrogen-bond acceptors (Lipinski definition) is 1. The molecule has 21 heavy (non-hydrogen) atoms. The van der Waals surface area contributed by atoms with Crippen LogP contribution in [0.3, 0.4) is 0 Å². The molecule has 2 aromatic rings. The van der Waals surface area contributed by atoms with Gasteiger partial charge < -0.3 is 5.11 Å². The van der Waals surface area contributed by atoms with Crippen molar-refractivity contribution in [3.05, 3.63) is 58.4 Å². The van der Waals surface area contributed by atoms with E-state index in [1.54, 1.807) is 0 Å². The Morgan fingerprint density at radius 2 is 1.81 bits per heavy atom. The van der Waals surface area contributed by atoms with Gasteiger partial charge in [0.1, 0.15) is 5.82 Å². The highest BCUT2D eigenvalue weighted by Crippen LogP contribution is 2.36. The summed E-state index contributed by atoms with van der Waals surface area (Å²) in [6.07, 6.45) is -4.87. The molecule has 7 heteroatoms. The first-order valence-electron chi connectivity index (χ1n) is 5.60. The van der Waals surface area contributed by atoms with E-state index in [9.17, 15) is 22.4 Å². The van der Waals surface area contributed by atoms with E-state index in [1.165, 1.54) is 18.2 Å². The van der Waals surface area contributed by atoms with Gasteiger partial charge in [0.15, 0.2) is 0 Å². The lowest BCUT2D eigenvalue weighted by Gasteiger charge is -2.12. The second kappa shape index (κ2) is 5.37. The number of carbonyl (C=O) groups is 1. The van der Waals surface area contributed by atoms with Crippen molar-refractivity contribution in [3.8, 4) is 11.1 Å². The Hall–Kier alpha value is -2.08. The third-order valence-corrected chi connectivity index (χ3v) is 3.13. The molecule has 0 amide bonds. The second-order valence-corrected chi connectivity index (χ2v) is 4.57. The minimum Gasteiger partial charge on any atom is -0.478 e. The van der Waals surface area contributed by atoms with Crippen LogP contribution in [0.15, 0.2) is 36.4 Å². The molecule has 0 heterocycles. The van der Waals surface area contributed by atoms with Gasteiger partial charge in [-0.2, -0.15) is 13.2 Å². The van der Waals surface area contributed by atoms with Crippen LogP contribution < -0.4 is 0 Å². The monoisotopic (exact) mass is 318 g/mol. The van der Waals surface area contributed by atoms with E-state index >= 15 is 0 Å². The minimum absolute atomic E-state index is 0.0134. The predicted octanol–water partition coefficient (Wildman–Crippen LogP) is 4.86. The fourth-order valence-corrected chi connectivity index (χ4v) is 2.15. The molecule has 1 N–H and O–H groups in total. The highest BCUT2D eigenvalue weighted by molar-refractivity contribution is 6.34. The van der Waals surface area contributed by atoms with E-state index in [1.807, 2.05) is 0 Å². The molecule has 110 valence electrons. The van der Waals surface area contributed by atoms with E-state index in [4.69, 9.17) is 16.7 Å². The first kappa shape index (κ1) is 15.3. The van der Waals surface area contributed by atoms with Gasteiger partial charge in [-0.1, -0.05) is 29.8 Å². The normalized spacial score (nSPS) is 11.5. The van der Waals surface area contributed by atoms with Crippen LogP contribution in [-0.2, 0) is 6.18 Å². The van der Waals surface area contributed by atoms with Crippen LogP contribution in [-0.4, -0.2) is 11.1 Å². The van der Waals surface area contributed by atoms with Crippen LogP contribution in [0.5, 0.6) is 0 Å².